The summed E-state index contributed by atoms with van der Waals surface area (Å²) in [4.78, 5) is 45.0. The monoisotopic (exact) mass is 604 g/mol. The molecule has 3 amide bonds. The van der Waals surface area contributed by atoms with E-state index in [-0.39, 0.29) is 37.1 Å². The van der Waals surface area contributed by atoms with E-state index in [2.05, 4.69) is 5.32 Å². The maximum Gasteiger partial charge on any atom is 0.246 e. The number of aromatic nitrogens is 1. The van der Waals surface area contributed by atoms with Crippen LogP contribution in [0, 0.1) is 0 Å². The topological polar surface area (TPSA) is 94.9 Å². The van der Waals surface area contributed by atoms with Gasteiger partial charge < -0.3 is 24.8 Å². The van der Waals surface area contributed by atoms with Crippen LogP contribution in [0.3, 0.4) is 0 Å². The van der Waals surface area contributed by atoms with Crippen LogP contribution in [0.4, 0.5) is 0 Å². The lowest BCUT2D eigenvalue weighted by Crippen LogP contribution is -2.53. The molecule has 3 atom stereocenters. The fraction of sp³-hybridized carbons (Fsp3) is 0.324. The molecule has 0 radical (unpaired) electrons. The fourth-order valence-electron chi connectivity index (χ4n) is 7.09. The number of hydrogen-bond acceptors (Lipinski definition) is 4. The summed E-state index contributed by atoms with van der Waals surface area (Å²) in [6.45, 7) is 0.896. The molecule has 2 aliphatic heterocycles. The van der Waals surface area contributed by atoms with Crippen molar-refractivity contribution in [2.45, 2.75) is 55.8 Å². The Hall–Kier alpha value is -4.69. The Balaban J connectivity index is 1.28. The van der Waals surface area contributed by atoms with Gasteiger partial charge in [0.25, 0.3) is 0 Å². The second-order valence-electron chi connectivity index (χ2n) is 12.2. The minimum absolute atomic E-state index is 0.0718. The summed E-state index contributed by atoms with van der Waals surface area (Å²) in [5.41, 5.74) is 3.06. The Morgan fingerprint density at radius 3 is 1.93 bits per heavy atom. The number of hydrogen-bond donors (Lipinski definition) is 2. The Morgan fingerprint density at radius 1 is 0.822 bits per heavy atom. The van der Waals surface area contributed by atoms with Crippen molar-refractivity contribution in [1.82, 2.24) is 19.7 Å². The predicted octanol–water partition coefficient (Wildman–Crippen LogP) is 4.02. The first kappa shape index (κ1) is 30.3. The second kappa shape index (κ2) is 13.1. The Labute approximate surface area is 264 Å². The molecule has 2 N–H and O–H groups in total. The standard InChI is InChI=1S/C37H40N4O4/c1-39-21-19-27(25-39)24-38-35(44)32-18-11-20-40(32)36(45)33-22-31(42)26-41(33)34(43)23-37(28-12-5-2-6-13-28,29-14-7-3-8-15-29)30-16-9-4-10-17-30/h2-10,12-17,19,21,25,31-33,42H,11,18,20,22-24,26H2,1H3,(H,38,44)/t31-,32-,33+/m1/s1. The first-order valence-electron chi connectivity index (χ1n) is 15.7. The van der Waals surface area contributed by atoms with Gasteiger partial charge in [0.1, 0.15) is 12.1 Å². The molecule has 0 bridgehead atoms. The maximum atomic E-state index is 14.5. The first-order chi connectivity index (χ1) is 21.9. The van der Waals surface area contributed by atoms with Gasteiger partial charge in [-0.1, -0.05) is 91.0 Å². The molecule has 0 unspecified atom stereocenters. The fourth-order valence-corrected chi connectivity index (χ4v) is 7.09. The van der Waals surface area contributed by atoms with Crippen molar-refractivity contribution in [2.24, 2.45) is 7.05 Å². The number of aliphatic hydroxyl groups is 1. The normalized spacial score (nSPS) is 19.9. The van der Waals surface area contributed by atoms with E-state index in [0.717, 1.165) is 22.3 Å². The molecule has 8 nitrogen and oxygen atoms in total. The summed E-state index contributed by atoms with van der Waals surface area (Å²) in [5, 5.41) is 13.8. The van der Waals surface area contributed by atoms with Crippen molar-refractivity contribution in [3.8, 4) is 0 Å². The molecule has 2 fully saturated rings. The number of nitrogens with one attached hydrogen (secondary N) is 1. The molecule has 3 heterocycles. The highest BCUT2D eigenvalue weighted by Gasteiger charge is 2.47. The van der Waals surface area contributed by atoms with Crippen LogP contribution in [-0.4, -0.2) is 68.5 Å². The number of aryl methyl sites for hydroxylation is 1. The average Bonchev–Trinajstić information content (AvgIpc) is 3.83. The lowest BCUT2D eigenvalue weighted by Gasteiger charge is -2.38. The Bertz CT molecular complexity index is 1530. The highest BCUT2D eigenvalue weighted by Crippen LogP contribution is 2.43. The van der Waals surface area contributed by atoms with E-state index < -0.39 is 23.6 Å². The van der Waals surface area contributed by atoms with Crippen molar-refractivity contribution in [3.63, 3.8) is 0 Å². The van der Waals surface area contributed by atoms with E-state index in [1.807, 2.05) is 121 Å². The van der Waals surface area contributed by atoms with Gasteiger partial charge in [0, 0.05) is 51.9 Å². The lowest BCUT2D eigenvalue weighted by atomic mass is 9.67. The first-order valence-corrected chi connectivity index (χ1v) is 15.7. The summed E-state index contributed by atoms with van der Waals surface area (Å²) >= 11 is 0. The van der Waals surface area contributed by atoms with Crippen LogP contribution in [0.25, 0.3) is 0 Å². The molecule has 2 aliphatic rings. The van der Waals surface area contributed by atoms with E-state index in [4.69, 9.17) is 0 Å². The highest BCUT2D eigenvalue weighted by atomic mass is 16.3. The zero-order valence-corrected chi connectivity index (χ0v) is 25.6. The van der Waals surface area contributed by atoms with Gasteiger partial charge in [-0.2, -0.15) is 0 Å². The molecular formula is C37H40N4O4. The van der Waals surface area contributed by atoms with Crippen LogP contribution in [0.5, 0.6) is 0 Å². The Morgan fingerprint density at radius 2 is 1.40 bits per heavy atom. The van der Waals surface area contributed by atoms with Crippen molar-refractivity contribution in [3.05, 3.63) is 132 Å². The van der Waals surface area contributed by atoms with Crippen molar-refractivity contribution in [1.29, 1.82) is 0 Å². The van der Waals surface area contributed by atoms with Gasteiger partial charge in [0.15, 0.2) is 0 Å². The van der Waals surface area contributed by atoms with Crippen molar-refractivity contribution >= 4 is 17.7 Å². The second-order valence-corrected chi connectivity index (χ2v) is 12.2. The van der Waals surface area contributed by atoms with Gasteiger partial charge >= 0.3 is 0 Å². The number of rotatable bonds is 9. The van der Waals surface area contributed by atoms with E-state index >= 15 is 0 Å². The zero-order valence-electron chi connectivity index (χ0n) is 25.6. The van der Waals surface area contributed by atoms with Crippen LogP contribution in [-0.2, 0) is 33.4 Å². The number of benzene rings is 3. The number of nitrogens with zero attached hydrogens (tertiary/aromatic N) is 3. The van der Waals surface area contributed by atoms with Gasteiger partial charge in [0.2, 0.25) is 17.7 Å². The summed E-state index contributed by atoms with van der Waals surface area (Å²) in [7, 11) is 1.93. The molecule has 3 aromatic carbocycles. The lowest BCUT2D eigenvalue weighted by molar-refractivity contribution is -0.146. The van der Waals surface area contributed by atoms with Crippen molar-refractivity contribution < 1.29 is 19.5 Å². The van der Waals surface area contributed by atoms with Gasteiger partial charge in [-0.15, -0.1) is 0 Å². The van der Waals surface area contributed by atoms with E-state index in [1.54, 1.807) is 9.80 Å². The van der Waals surface area contributed by atoms with Gasteiger partial charge in [-0.3, -0.25) is 14.4 Å². The summed E-state index contributed by atoms with van der Waals surface area (Å²) in [5.74, 6) is -0.690. The summed E-state index contributed by atoms with van der Waals surface area (Å²) in [6, 6.07) is 30.5. The molecule has 2 saturated heterocycles. The third kappa shape index (κ3) is 6.15. The molecule has 45 heavy (non-hydrogen) atoms. The van der Waals surface area contributed by atoms with E-state index in [1.165, 1.54) is 0 Å². The predicted molar refractivity (Wildman–Crippen MR) is 172 cm³/mol. The molecule has 232 valence electrons. The van der Waals surface area contributed by atoms with Crippen LogP contribution < -0.4 is 5.32 Å². The number of amides is 3. The van der Waals surface area contributed by atoms with E-state index in [0.29, 0.717) is 25.9 Å². The molecule has 0 aliphatic carbocycles. The largest absolute Gasteiger partial charge is 0.391 e. The van der Waals surface area contributed by atoms with Gasteiger partial charge in [-0.25, -0.2) is 0 Å². The third-order valence-electron chi connectivity index (χ3n) is 9.30. The number of carbonyl (C=O) groups excluding carboxylic acids is 3. The van der Waals surface area contributed by atoms with Crippen molar-refractivity contribution in [2.75, 3.05) is 13.1 Å². The molecule has 1 aromatic heterocycles. The average molecular weight is 605 g/mol. The Kier molecular flexibility index (Phi) is 8.85. The zero-order chi connectivity index (χ0) is 31.4. The van der Waals surface area contributed by atoms with Gasteiger partial charge in [-0.05, 0) is 41.2 Å². The minimum Gasteiger partial charge on any atom is -0.391 e. The van der Waals surface area contributed by atoms with Crippen LogP contribution in [0.2, 0.25) is 0 Å². The minimum atomic E-state index is -0.838. The van der Waals surface area contributed by atoms with Crippen LogP contribution in [0.15, 0.2) is 109 Å². The number of likely N-dealkylation sites (tertiary alicyclic amines) is 2. The summed E-state index contributed by atoms with van der Waals surface area (Å²) < 4.78 is 1.92. The molecule has 4 aromatic rings. The number of carbonyl (C=O) groups is 3. The smallest absolute Gasteiger partial charge is 0.246 e. The molecular weight excluding hydrogens is 564 g/mol. The van der Waals surface area contributed by atoms with Crippen LogP contribution >= 0.6 is 0 Å². The quantitative estimate of drug-likeness (QED) is 0.282. The molecule has 0 saturated carbocycles. The third-order valence-corrected chi connectivity index (χ3v) is 9.30. The highest BCUT2D eigenvalue weighted by molar-refractivity contribution is 5.93. The molecule has 8 heteroatoms. The maximum absolute atomic E-state index is 14.5. The van der Waals surface area contributed by atoms with Gasteiger partial charge in [0.05, 0.1) is 11.5 Å². The number of β-amino-alcohol motifs (C(OH)–C–C–N with tert-alkyl or cyclic N) is 1. The molecule has 6 rings (SSSR count). The SMILES string of the molecule is Cn1ccc(CNC(=O)[C@H]2CCCN2C(=O)[C@@H]2C[C@@H](O)CN2C(=O)CC(c2ccccc2)(c2ccccc2)c2ccccc2)c1. The van der Waals surface area contributed by atoms with E-state index in [9.17, 15) is 19.5 Å². The number of aliphatic hydroxyl groups excluding tert-OH is 1. The summed E-state index contributed by atoms with van der Waals surface area (Å²) in [6.07, 6.45) is 4.53. The molecule has 0 spiro atoms. The van der Waals surface area contributed by atoms with Crippen LogP contribution in [0.1, 0.15) is 47.9 Å².